The summed E-state index contributed by atoms with van der Waals surface area (Å²) in [4.78, 5) is 21.3. The Morgan fingerprint density at radius 1 is 1.11 bits per heavy atom. The van der Waals surface area contributed by atoms with Gasteiger partial charge in [0.15, 0.2) is 5.82 Å². The fourth-order valence-corrected chi connectivity index (χ4v) is 2.92. The van der Waals surface area contributed by atoms with E-state index in [4.69, 9.17) is 4.74 Å². The van der Waals surface area contributed by atoms with E-state index in [2.05, 4.69) is 36.3 Å². The van der Waals surface area contributed by atoms with E-state index in [0.29, 0.717) is 23.8 Å². The van der Waals surface area contributed by atoms with Gasteiger partial charge in [0.05, 0.1) is 19.3 Å². The number of methoxy groups -OCH3 is 1. The summed E-state index contributed by atoms with van der Waals surface area (Å²) in [7, 11) is 1.61. The zero-order chi connectivity index (χ0) is 18.8. The van der Waals surface area contributed by atoms with Gasteiger partial charge in [0.1, 0.15) is 5.75 Å². The molecule has 8 heteroatoms. The lowest BCUT2D eigenvalue weighted by molar-refractivity contribution is 0.415. The van der Waals surface area contributed by atoms with Crippen molar-refractivity contribution >= 4 is 27.4 Å². The third-order valence-corrected chi connectivity index (χ3v) is 4.59. The lowest BCUT2D eigenvalue weighted by Crippen LogP contribution is -2.17. The van der Waals surface area contributed by atoms with Crippen molar-refractivity contribution in [1.82, 2.24) is 19.6 Å². The molecular formula is C19H16BrN5O2. The number of benzene rings is 2. The van der Waals surface area contributed by atoms with Crippen LogP contribution in [0.4, 0.5) is 5.69 Å². The largest absolute Gasteiger partial charge is 0.497 e. The van der Waals surface area contributed by atoms with E-state index < -0.39 is 0 Å². The second-order valence-electron chi connectivity index (χ2n) is 5.88. The van der Waals surface area contributed by atoms with Crippen molar-refractivity contribution in [3.63, 3.8) is 0 Å². The maximum Gasteiger partial charge on any atom is 0.274 e. The molecule has 0 fully saturated rings. The SMILES string of the molecule is COc1ccc(-c2nc3nc(CNc4ccc(Br)cc4)cc(=O)n3[nH]2)cc1. The van der Waals surface area contributed by atoms with Crippen molar-refractivity contribution in [1.29, 1.82) is 0 Å². The molecule has 0 radical (unpaired) electrons. The van der Waals surface area contributed by atoms with Crippen LogP contribution in [0.1, 0.15) is 5.69 Å². The van der Waals surface area contributed by atoms with Gasteiger partial charge >= 0.3 is 0 Å². The van der Waals surface area contributed by atoms with E-state index in [0.717, 1.165) is 21.5 Å². The molecule has 4 rings (SSSR count). The molecule has 0 aliphatic heterocycles. The predicted molar refractivity (Wildman–Crippen MR) is 107 cm³/mol. The number of hydrogen-bond donors (Lipinski definition) is 2. The maximum absolute atomic E-state index is 12.4. The Labute approximate surface area is 163 Å². The Hall–Kier alpha value is -3.13. The van der Waals surface area contributed by atoms with Gasteiger partial charge in [-0.2, -0.15) is 9.50 Å². The first-order valence-electron chi connectivity index (χ1n) is 8.25. The summed E-state index contributed by atoms with van der Waals surface area (Å²) in [5.41, 5.74) is 2.20. The van der Waals surface area contributed by atoms with E-state index in [1.54, 1.807) is 7.11 Å². The van der Waals surface area contributed by atoms with E-state index in [1.165, 1.54) is 10.6 Å². The molecule has 136 valence electrons. The van der Waals surface area contributed by atoms with E-state index in [9.17, 15) is 4.79 Å². The van der Waals surface area contributed by atoms with Crippen LogP contribution >= 0.6 is 15.9 Å². The second kappa shape index (κ2) is 7.24. The molecule has 7 nitrogen and oxygen atoms in total. The van der Waals surface area contributed by atoms with Gasteiger partial charge in [-0.15, -0.1) is 0 Å². The summed E-state index contributed by atoms with van der Waals surface area (Å²) in [5.74, 6) is 1.66. The van der Waals surface area contributed by atoms with Crippen molar-refractivity contribution in [2.45, 2.75) is 6.54 Å². The van der Waals surface area contributed by atoms with Crippen molar-refractivity contribution in [2.24, 2.45) is 0 Å². The summed E-state index contributed by atoms with van der Waals surface area (Å²) in [6.45, 7) is 0.429. The summed E-state index contributed by atoms with van der Waals surface area (Å²) in [6.07, 6.45) is 0. The van der Waals surface area contributed by atoms with Crippen LogP contribution in [0.3, 0.4) is 0 Å². The summed E-state index contributed by atoms with van der Waals surface area (Å²) in [6, 6.07) is 16.7. The Kier molecular flexibility index (Phi) is 4.64. The number of rotatable bonds is 5. The standard InChI is InChI=1S/C19H16BrN5O2/c1-27-16-8-2-12(3-9-16)18-23-19-22-15(10-17(26)25(19)24-18)11-21-14-6-4-13(20)5-7-14/h2-10,21H,11H2,1H3,(H,22,23,24). The molecule has 2 aromatic carbocycles. The first-order valence-corrected chi connectivity index (χ1v) is 9.04. The molecule has 2 N–H and O–H groups in total. The van der Waals surface area contributed by atoms with Crippen molar-refractivity contribution in [3.05, 3.63) is 75.1 Å². The quantitative estimate of drug-likeness (QED) is 0.511. The Morgan fingerprint density at radius 3 is 2.56 bits per heavy atom. The van der Waals surface area contributed by atoms with Crippen LogP contribution < -0.4 is 15.6 Å². The highest BCUT2D eigenvalue weighted by Gasteiger charge is 2.10. The normalized spacial score (nSPS) is 10.9. The number of aromatic amines is 1. The van der Waals surface area contributed by atoms with Gasteiger partial charge in [-0.3, -0.25) is 9.89 Å². The smallest absolute Gasteiger partial charge is 0.274 e. The first kappa shape index (κ1) is 17.3. The highest BCUT2D eigenvalue weighted by molar-refractivity contribution is 9.10. The molecule has 0 spiro atoms. The third kappa shape index (κ3) is 3.70. The third-order valence-electron chi connectivity index (χ3n) is 4.06. The fraction of sp³-hybridized carbons (Fsp3) is 0.105. The summed E-state index contributed by atoms with van der Waals surface area (Å²) in [5, 5.41) is 6.24. The zero-order valence-electron chi connectivity index (χ0n) is 14.4. The number of nitrogens with zero attached hydrogens (tertiary/aromatic N) is 3. The first-order chi connectivity index (χ1) is 13.1. The number of aromatic nitrogens is 4. The van der Waals surface area contributed by atoms with Gasteiger partial charge < -0.3 is 10.1 Å². The predicted octanol–water partition coefficient (Wildman–Crippen LogP) is 3.47. The van der Waals surface area contributed by atoms with Crippen molar-refractivity contribution in [3.8, 4) is 17.1 Å². The lowest BCUT2D eigenvalue weighted by atomic mass is 10.2. The van der Waals surface area contributed by atoms with Gasteiger partial charge in [-0.05, 0) is 48.5 Å². The Bertz CT molecular complexity index is 1130. The molecule has 2 aromatic heterocycles. The van der Waals surface area contributed by atoms with Crippen molar-refractivity contribution < 1.29 is 4.74 Å². The van der Waals surface area contributed by atoms with E-state index in [1.807, 2.05) is 48.5 Å². The Balaban J connectivity index is 1.60. The lowest BCUT2D eigenvalue weighted by Gasteiger charge is -2.05. The molecule has 0 aliphatic carbocycles. The van der Waals surface area contributed by atoms with Gasteiger partial charge in [0, 0.05) is 21.8 Å². The fourth-order valence-electron chi connectivity index (χ4n) is 2.66. The van der Waals surface area contributed by atoms with Gasteiger partial charge in [-0.25, -0.2) is 4.98 Å². The summed E-state index contributed by atoms with van der Waals surface area (Å²) < 4.78 is 7.50. The zero-order valence-corrected chi connectivity index (χ0v) is 16.0. The average Bonchev–Trinajstić information content (AvgIpc) is 3.12. The van der Waals surface area contributed by atoms with Gasteiger partial charge in [0.25, 0.3) is 11.3 Å². The molecule has 27 heavy (non-hydrogen) atoms. The van der Waals surface area contributed by atoms with Crippen LogP contribution in [0, 0.1) is 0 Å². The molecular weight excluding hydrogens is 410 g/mol. The topological polar surface area (TPSA) is 84.3 Å². The molecule has 0 aliphatic rings. The number of anilines is 1. The minimum atomic E-state index is -0.208. The monoisotopic (exact) mass is 425 g/mol. The van der Waals surface area contributed by atoms with Crippen LogP contribution in [0.15, 0.2) is 63.9 Å². The van der Waals surface area contributed by atoms with E-state index in [-0.39, 0.29) is 5.56 Å². The maximum atomic E-state index is 12.4. The molecule has 0 saturated carbocycles. The molecule has 4 aromatic rings. The van der Waals surface area contributed by atoms with Crippen LogP contribution in [-0.2, 0) is 6.54 Å². The number of ether oxygens (including phenoxy) is 1. The average molecular weight is 426 g/mol. The minimum Gasteiger partial charge on any atom is -0.497 e. The molecule has 2 heterocycles. The highest BCUT2D eigenvalue weighted by atomic mass is 79.9. The number of hydrogen-bond acceptors (Lipinski definition) is 5. The molecule has 0 amide bonds. The van der Waals surface area contributed by atoms with E-state index >= 15 is 0 Å². The van der Waals surface area contributed by atoms with Crippen LogP contribution in [0.25, 0.3) is 17.2 Å². The molecule has 0 bridgehead atoms. The molecule has 0 saturated heterocycles. The number of H-pyrrole nitrogens is 1. The minimum absolute atomic E-state index is 0.208. The number of halogens is 1. The Morgan fingerprint density at radius 2 is 1.85 bits per heavy atom. The molecule has 0 unspecified atom stereocenters. The molecule has 0 atom stereocenters. The number of fused-ring (bicyclic) bond motifs is 1. The highest BCUT2D eigenvalue weighted by Crippen LogP contribution is 2.19. The number of nitrogens with one attached hydrogen (secondary N) is 2. The van der Waals surface area contributed by atoms with Gasteiger partial charge in [0.2, 0.25) is 0 Å². The van der Waals surface area contributed by atoms with Crippen LogP contribution in [0.5, 0.6) is 5.75 Å². The van der Waals surface area contributed by atoms with Gasteiger partial charge in [-0.1, -0.05) is 15.9 Å². The van der Waals surface area contributed by atoms with Crippen LogP contribution in [-0.4, -0.2) is 26.7 Å². The van der Waals surface area contributed by atoms with Crippen molar-refractivity contribution in [2.75, 3.05) is 12.4 Å². The van der Waals surface area contributed by atoms with Crippen LogP contribution in [0.2, 0.25) is 0 Å². The summed E-state index contributed by atoms with van der Waals surface area (Å²) >= 11 is 3.40. The second-order valence-corrected chi connectivity index (χ2v) is 6.80.